The molecule has 1 saturated carbocycles. The number of hydrogen-bond acceptors (Lipinski definition) is 4. The minimum absolute atomic E-state index is 0.0108. The fraction of sp³-hybridized carbons (Fsp3) is 0.455. The van der Waals surface area contributed by atoms with Crippen molar-refractivity contribution < 1.29 is 27.6 Å². The minimum atomic E-state index is -4.66. The highest BCUT2D eigenvalue weighted by atomic mass is 19.4. The summed E-state index contributed by atoms with van der Waals surface area (Å²) in [6, 6.07) is 6.57. The highest BCUT2D eigenvalue weighted by Gasteiger charge is 2.73. The fourth-order valence-electron chi connectivity index (χ4n) is 6.90. The van der Waals surface area contributed by atoms with Crippen molar-refractivity contribution in [3.63, 3.8) is 0 Å². The molecule has 230 valence electrons. The van der Waals surface area contributed by atoms with Gasteiger partial charge in [-0.25, -0.2) is 4.99 Å². The number of nitrogens with zero attached hydrogens (tertiary/aromatic N) is 2. The number of carbonyl (C=O) groups is 3. The molecule has 4 atom stereocenters. The molecule has 4 rings (SSSR count). The zero-order valence-electron chi connectivity index (χ0n) is 25.0. The number of fused-ring (bicyclic) bond motifs is 1. The van der Waals surface area contributed by atoms with E-state index in [9.17, 15) is 27.6 Å². The second-order valence-corrected chi connectivity index (χ2v) is 12.1. The number of aliphatic imine (C=N–C) groups is 1. The molecule has 0 aromatic heterocycles. The Morgan fingerprint density at radius 2 is 1.84 bits per heavy atom. The Bertz CT molecular complexity index is 1430. The number of rotatable bonds is 10. The summed E-state index contributed by atoms with van der Waals surface area (Å²) in [7, 11) is 1.49. The maximum Gasteiger partial charge on any atom is 0.416 e. The van der Waals surface area contributed by atoms with E-state index in [0.717, 1.165) is 6.08 Å². The van der Waals surface area contributed by atoms with Gasteiger partial charge >= 0.3 is 6.18 Å². The number of allylic oxidation sites excluding steroid dienone is 6. The van der Waals surface area contributed by atoms with E-state index in [1.165, 1.54) is 30.2 Å². The molecule has 3 aliphatic rings. The molecule has 7 nitrogen and oxygen atoms in total. The predicted molar refractivity (Wildman–Crippen MR) is 161 cm³/mol. The van der Waals surface area contributed by atoms with Gasteiger partial charge in [-0.1, -0.05) is 63.3 Å². The largest absolute Gasteiger partial charge is 0.416 e. The quantitative estimate of drug-likeness (QED) is 0.342. The number of carbonyl (C=O) groups excluding carboxylic acids is 3. The molecule has 43 heavy (non-hydrogen) atoms. The topological polar surface area (TPSA) is 105 Å². The lowest BCUT2D eigenvalue weighted by atomic mass is 9.64. The van der Waals surface area contributed by atoms with Crippen LogP contribution < -0.4 is 16.0 Å². The van der Waals surface area contributed by atoms with E-state index in [2.05, 4.69) is 23.5 Å². The second kappa shape index (κ2) is 11.6. The van der Waals surface area contributed by atoms with Gasteiger partial charge in [-0.2, -0.15) is 13.2 Å². The lowest BCUT2D eigenvalue weighted by Gasteiger charge is -2.38. The van der Waals surface area contributed by atoms with Crippen LogP contribution in [0.2, 0.25) is 0 Å². The number of benzodiazepines with no additional fused rings is 1. The Morgan fingerprint density at radius 1 is 1.21 bits per heavy atom. The summed E-state index contributed by atoms with van der Waals surface area (Å²) >= 11 is 0. The van der Waals surface area contributed by atoms with Gasteiger partial charge in [0, 0.05) is 18.2 Å². The van der Waals surface area contributed by atoms with Crippen LogP contribution >= 0.6 is 0 Å². The van der Waals surface area contributed by atoms with Gasteiger partial charge in [-0.15, -0.1) is 13.2 Å². The third-order valence-corrected chi connectivity index (χ3v) is 9.14. The molecule has 3 unspecified atom stereocenters. The lowest BCUT2D eigenvalue weighted by molar-refractivity contribution is -0.145. The first-order chi connectivity index (χ1) is 20.2. The van der Waals surface area contributed by atoms with Crippen LogP contribution in [0.5, 0.6) is 0 Å². The Morgan fingerprint density at radius 3 is 2.37 bits per heavy atom. The first-order valence-corrected chi connectivity index (χ1v) is 14.4. The molecule has 0 radical (unpaired) electrons. The SMILES string of the molecule is C=CCC(CC=C)(C(N)=O)C1(C(=O)NC2N=C(C3=CC(C)CC=C3C(F)(F)F)c3ccccc3N(C)C2=O)C[C@H]1C(C)C. The zero-order valence-corrected chi connectivity index (χ0v) is 25.0. The Balaban J connectivity index is 1.88. The number of primary amides is 1. The van der Waals surface area contributed by atoms with Crippen molar-refractivity contribution in [2.75, 3.05) is 11.9 Å². The van der Waals surface area contributed by atoms with Crippen molar-refractivity contribution >= 4 is 29.1 Å². The number of nitrogens with two attached hydrogens (primary N) is 1. The van der Waals surface area contributed by atoms with Crippen molar-refractivity contribution in [3.05, 3.63) is 78.4 Å². The van der Waals surface area contributed by atoms with Crippen LogP contribution in [0.25, 0.3) is 0 Å². The molecule has 3 N–H and O–H groups in total. The molecular formula is C33H39F3N4O3. The van der Waals surface area contributed by atoms with E-state index in [1.807, 2.05) is 13.8 Å². The van der Waals surface area contributed by atoms with Gasteiger partial charge in [-0.3, -0.25) is 14.4 Å². The van der Waals surface area contributed by atoms with Crippen LogP contribution in [0.3, 0.4) is 0 Å². The number of anilines is 1. The lowest BCUT2D eigenvalue weighted by Crippen LogP contribution is -2.56. The molecule has 1 aliphatic heterocycles. The average Bonchev–Trinajstić information content (AvgIpc) is 3.72. The molecule has 1 heterocycles. The highest BCUT2D eigenvalue weighted by molar-refractivity contribution is 6.22. The van der Waals surface area contributed by atoms with Gasteiger partial charge in [-0.05, 0) is 49.5 Å². The van der Waals surface area contributed by atoms with Crippen molar-refractivity contribution in [3.8, 4) is 0 Å². The summed E-state index contributed by atoms with van der Waals surface area (Å²) in [5, 5.41) is 2.75. The number of likely N-dealkylation sites (N-methyl/N-ethyl adjacent to an activating group) is 1. The molecule has 0 bridgehead atoms. The number of benzene rings is 1. The van der Waals surface area contributed by atoms with E-state index < -0.39 is 46.5 Å². The number of amides is 3. The van der Waals surface area contributed by atoms with Gasteiger partial charge in [0.2, 0.25) is 18.0 Å². The van der Waals surface area contributed by atoms with E-state index in [0.29, 0.717) is 17.7 Å². The molecule has 3 amide bonds. The molecular weight excluding hydrogens is 557 g/mol. The molecule has 1 aromatic carbocycles. The molecule has 1 aromatic rings. The van der Waals surface area contributed by atoms with Gasteiger partial charge in [0.25, 0.3) is 5.91 Å². The van der Waals surface area contributed by atoms with Crippen LogP contribution in [-0.4, -0.2) is 42.8 Å². The Kier molecular flexibility index (Phi) is 8.64. The summed E-state index contributed by atoms with van der Waals surface area (Å²) in [6.07, 6.45) is 0.257. The third-order valence-electron chi connectivity index (χ3n) is 9.14. The number of halogens is 3. The van der Waals surface area contributed by atoms with Crippen LogP contribution in [0.15, 0.2) is 77.9 Å². The molecule has 1 fully saturated rings. The maximum atomic E-state index is 14.4. The number of nitrogens with one attached hydrogen (secondary N) is 1. The van der Waals surface area contributed by atoms with Crippen molar-refractivity contribution in [1.29, 1.82) is 0 Å². The maximum absolute atomic E-state index is 14.4. The highest BCUT2D eigenvalue weighted by Crippen LogP contribution is 2.68. The van der Waals surface area contributed by atoms with Crippen LogP contribution in [0, 0.1) is 28.6 Å². The van der Waals surface area contributed by atoms with Crippen molar-refractivity contribution in [1.82, 2.24) is 5.32 Å². The predicted octanol–water partition coefficient (Wildman–Crippen LogP) is 5.64. The number of alkyl halides is 3. The first-order valence-electron chi connectivity index (χ1n) is 14.4. The zero-order chi connectivity index (χ0) is 31.9. The van der Waals surface area contributed by atoms with Gasteiger partial charge < -0.3 is 16.0 Å². The second-order valence-electron chi connectivity index (χ2n) is 12.1. The third kappa shape index (κ3) is 5.36. The van der Waals surface area contributed by atoms with Crippen LogP contribution in [0.1, 0.15) is 52.0 Å². The van der Waals surface area contributed by atoms with Crippen LogP contribution in [-0.2, 0) is 14.4 Å². The summed E-state index contributed by atoms with van der Waals surface area (Å²) in [6.45, 7) is 13.3. The first kappa shape index (κ1) is 32.0. The molecule has 2 aliphatic carbocycles. The Hall–Kier alpha value is -3.95. The standard InChI is InChI=1S/C33H39F3N4O3/c1-7-15-31(16-8-2,29(37)42)32(18-24(32)19(3)4)30(43)39-27-28(41)40(6)25-12-10-9-11-21(25)26(38-27)22-17-20(5)13-14-23(22)33(34,35)36/h7-12,14,17,19-20,24,27H,1-2,13,15-16,18H2,3-6H3,(H2,37,42)(H,39,43)/t20?,24-,27?,32?/m0/s1. The smallest absolute Gasteiger partial charge is 0.369 e. The molecule has 0 spiro atoms. The van der Waals surface area contributed by atoms with Gasteiger partial charge in [0.15, 0.2) is 0 Å². The van der Waals surface area contributed by atoms with E-state index in [-0.39, 0.29) is 48.3 Å². The van der Waals surface area contributed by atoms with Gasteiger partial charge in [0.1, 0.15) is 0 Å². The van der Waals surface area contributed by atoms with Gasteiger partial charge in [0.05, 0.1) is 27.8 Å². The normalized spacial score (nSPS) is 25.6. The average molecular weight is 597 g/mol. The minimum Gasteiger partial charge on any atom is -0.369 e. The summed E-state index contributed by atoms with van der Waals surface area (Å²) in [4.78, 5) is 47.2. The van der Waals surface area contributed by atoms with E-state index in [1.54, 1.807) is 31.2 Å². The molecule has 10 heteroatoms. The van der Waals surface area contributed by atoms with E-state index >= 15 is 0 Å². The Labute approximate surface area is 250 Å². The number of para-hydroxylation sites is 1. The monoisotopic (exact) mass is 596 g/mol. The van der Waals surface area contributed by atoms with Crippen LogP contribution in [0.4, 0.5) is 18.9 Å². The summed E-state index contributed by atoms with van der Waals surface area (Å²) < 4.78 is 42.8. The van der Waals surface area contributed by atoms with Crippen molar-refractivity contribution in [2.45, 2.75) is 58.8 Å². The fourth-order valence-corrected chi connectivity index (χ4v) is 6.90. The summed E-state index contributed by atoms with van der Waals surface area (Å²) in [5.74, 6) is -2.40. The van der Waals surface area contributed by atoms with Crippen molar-refractivity contribution in [2.24, 2.45) is 39.3 Å². The number of hydrogen-bond donors (Lipinski definition) is 2. The molecule has 0 saturated heterocycles. The summed E-state index contributed by atoms with van der Waals surface area (Å²) in [5.41, 5.74) is 2.98. The van der Waals surface area contributed by atoms with E-state index in [4.69, 9.17) is 5.73 Å².